The molecule has 1 N–H and O–H groups in total. The predicted molar refractivity (Wildman–Crippen MR) is 38.8 cm³/mol. The van der Waals surface area contributed by atoms with E-state index in [2.05, 4.69) is 11.4 Å². The van der Waals surface area contributed by atoms with Gasteiger partial charge in [-0.15, -0.1) is 0 Å². The largest absolute Gasteiger partial charge is 0.383 e. The molecule has 0 aromatic heterocycles. The van der Waals surface area contributed by atoms with E-state index in [1.807, 2.05) is 0 Å². The number of hydrogen-bond acceptors (Lipinski definition) is 5. The van der Waals surface area contributed by atoms with E-state index in [0.717, 1.165) is 6.08 Å². The van der Waals surface area contributed by atoms with Crippen LogP contribution in [0.1, 0.15) is 6.42 Å². The van der Waals surface area contributed by atoms with Crippen molar-refractivity contribution in [3.8, 4) is 0 Å². The van der Waals surface area contributed by atoms with Crippen LogP contribution in [-0.4, -0.2) is 34.1 Å². The average molecular weight is 185 g/mol. The Hall–Kier alpha value is -1.69. The summed E-state index contributed by atoms with van der Waals surface area (Å²) in [5, 5.41) is 9.14. The lowest BCUT2D eigenvalue weighted by Gasteiger charge is -2.10. The van der Waals surface area contributed by atoms with Crippen LogP contribution in [0.15, 0.2) is 12.7 Å². The van der Waals surface area contributed by atoms with Crippen LogP contribution >= 0.6 is 0 Å². The van der Waals surface area contributed by atoms with Gasteiger partial charge in [0.1, 0.15) is 6.10 Å². The van der Waals surface area contributed by atoms with Gasteiger partial charge in [0.2, 0.25) is 0 Å². The van der Waals surface area contributed by atoms with Crippen molar-refractivity contribution in [1.29, 1.82) is 0 Å². The van der Waals surface area contributed by atoms with Crippen LogP contribution in [0.5, 0.6) is 0 Å². The van der Waals surface area contributed by atoms with E-state index < -0.39 is 23.9 Å². The van der Waals surface area contributed by atoms with Gasteiger partial charge in [-0.2, -0.15) is 0 Å². The Balaban J connectivity index is 2.69. The maximum atomic E-state index is 10.9. The van der Waals surface area contributed by atoms with E-state index >= 15 is 0 Å². The molecule has 1 heterocycles. The van der Waals surface area contributed by atoms with Gasteiger partial charge in [-0.1, -0.05) is 11.6 Å². The minimum atomic E-state index is -1.41. The number of nitrogens with zero attached hydrogens (tertiary/aromatic N) is 1. The SMILES string of the molecule is C=CC(=O)ON1C(=O)CC(O)C1=O. The summed E-state index contributed by atoms with van der Waals surface area (Å²) in [6.07, 6.45) is -0.959. The second-order valence-electron chi connectivity index (χ2n) is 2.36. The molecule has 1 atom stereocenters. The number of hydroxylamine groups is 2. The van der Waals surface area contributed by atoms with E-state index in [9.17, 15) is 14.4 Å². The Bertz CT molecular complexity index is 285. The van der Waals surface area contributed by atoms with Gasteiger partial charge < -0.3 is 9.94 Å². The monoisotopic (exact) mass is 185 g/mol. The number of rotatable bonds is 2. The van der Waals surface area contributed by atoms with E-state index in [-0.39, 0.29) is 11.5 Å². The number of carbonyl (C=O) groups excluding carboxylic acids is 3. The van der Waals surface area contributed by atoms with Crippen molar-refractivity contribution in [2.24, 2.45) is 0 Å². The van der Waals surface area contributed by atoms with Crippen LogP contribution < -0.4 is 0 Å². The normalized spacial score (nSPS) is 21.9. The van der Waals surface area contributed by atoms with Crippen LogP contribution in [0.4, 0.5) is 0 Å². The maximum Gasteiger partial charge on any atom is 0.356 e. The average Bonchev–Trinajstić information content (AvgIpc) is 2.32. The molecule has 0 aliphatic carbocycles. The van der Waals surface area contributed by atoms with Crippen LogP contribution in [-0.2, 0) is 19.2 Å². The molecule has 0 saturated carbocycles. The highest BCUT2D eigenvalue weighted by Gasteiger charge is 2.40. The van der Waals surface area contributed by atoms with Crippen LogP contribution in [0, 0.1) is 0 Å². The van der Waals surface area contributed by atoms with Crippen molar-refractivity contribution in [3.63, 3.8) is 0 Å². The molecule has 6 nitrogen and oxygen atoms in total. The fourth-order valence-electron chi connectivity index (χ4n) is 0.817. The summed E-state index contributed by atoms with van der Waals surface area (Å²) < 4.78 is 0. The number of imide groups is 1. The van der Waals surface area contributed by atoms with Crippen molar-refractivity contribution in [3.05, 3.63) is 12.7 Å². The summed E-state index contributed by atoms with van der Waals surface area (Å²) in [4.78, 5) is 36.7. The second-order valence-corrected chi connectivity index (χ2v) is 2.36. The molecule has 2 amide bonds. The maximum absolute atomic E-state index is 10.9. The Kier molecular flexibility index (Phi) is 2.43. The van der Waals surface area contributed by atoms with Crippen molar-refractivity contribution in [1.82, 2.24) is 5.06 Å². The first-order valence-corrected chi connectivity index (χ1v) is 3.45. The minimum absolute atomic E-state index is 0.245. The second kappa shape index (κ2) is 3.36. The lowest BCUT2D eigenvalue weighted by Crippen LogP contribution is -2.33. The molecule has 1 saturated heterocycles. The summed E-state index contributed by atoms with van der Waals surface area (Å²) in [7, 11) is 0. The molecule has 1 unspecified atom stereocenters. The number of hydrogen-bond donors (Lipinski definition) is 1. The van der Waals surface area contributed by atoms with Crippen molar-refractivity contribution in [2.45, 2.75) is 12.5 Å². The van der Waals surface area contributed by atoms with Gasteiger partial charge in [0.15, 0.2) is 0 Å². The number of amides is 2. The molecule has 1 aliphatic heterocycles. The van der Waals surface area contributed by atoms with Gasteiger partial charge in [-0.05, 0) is 0 Å². The molecule has 6 heteroatoms. The zero-order valence-corrected chi connectivity index (χ0v) is 6.60. The fourth-order valence-corrected chi connectivity index (χ4v) is 0.817. The summed E-state index contributed by atoms with van der Waals surface area (Å²) in [6, 6.07) is 0. The van der Waals surface area contributed by atoms with Crippen molar-refractivity contribution in [2.75, 3.05) is 0 Å². The Morgan fingerprint density at radius 1 is 1.69 bits per heavy atom. The van der Waals surface area contributed by atoms with Gasteiger partial charge >= 0.3 is 5.97 Å². The van der Waals surface area contributed by atoms with Crippen molar-refractivity contribution >= 4 is 17.8 Å². The summed E-state index contributed by atoms with van der Waals surface area (Å²) >= 11 is 0. The fraction of sp³-hybridized carbons (Fsp3) is 0.286. The topological polar surface area (TPSA) is 83.9 Å². The van der Waals surface area contributed by atoms with Gasteiger partial charge in [-0.3, -0.25) is 9.59 Å². The third-order valence-electron chi connectivity index (χ3n) is 1.43. The Morgan fingerprint density at radius 3 is 2.69 bits per heavy atom. The van der Waals surface area contributed by atoms with Gasteiger partial charge in [0.25, 0.3) is 11.8 Å². The highest BCUT2D eigenvalue weighted by molar-refractivity contribution is 6.04. The van der Waals surface area contributed by atoms with E-state index in [4.69, 9.17) is 5.11 Å². The first-order valence-electron chi connectivity index (χ1n) is 3.45. The Morgan fingerprint density at radius 2 is 2.31 bits per heavy atom. The molecule has 1 aliphatic rings. The molecule has 13 heavy (non-hydrogen) atoms. The molecular weight excluding hydrogens is 178 g/mol. The van der Waals surface area contributed by atoms with E-state index in [1.165, 1.54) is 0 Å². The number of aliphatic hydroxyl groups excluding tert-OH is 1. The zero-order chi connectivity index (χ0) is 10.0. The highest BCUT2D eigenvalue weighted by Crippen LogP contribution is 2.12. The smallest absolute Gasteiger partial charge is 0.356 e. The summed E-state index contributed by atoms with van der Waals surface area (Å²) in [5.74, 6) is -2.59. The molecule has 0 bridgehead atoms. The number of carbonyl (C=O) groups is 3. The van der Waals surface area contributed by atoms with Gasteiger partial charge in [-0.25, -0.2) is 4.79 Å². The molecule has 0 spiro atoms. The summed E-state index contributed by atoms with van der Waals surface area (Å²) in [6.45, 7) is 3.09. The van der Waals surface area contributed by atoms with Crippen LogP contribution in [0.2, 0.25) is 0 Å². The molecule has 0 aromatic rings. The molecule has 1 rings (SSSR count). The zero-order valence-electron chi connectivity index (χ0n) is 6.60. The Labute approximate surface area is 73.3 Å². The molecule has 70 valence electrons. The first kappa shape index (κ1) is 9.40. The molecule has 0 radical (unpaired) electrons. The number of aliphatic hydroxyl groups is 1. The van der Waals surface area contributed by atoms with Crippen LogP contribution in [0.25, 0.3) is 0 Å². The lowest BCUT2D eigenvalue weighted by molar-refractivity contribution is -0.195. The third-order valence-corrected chi connectivity index (χ3v) is 1.43. The van der Waals surface area contributed by atoms with E-state index in [1.54, 1.807) is 0 Å². The van der Waals surface area contributed by atoms with E-state index in [0.29, 0.717) is 0 Å². The third kappa shape index (κ3) is 1.73. The minimum Gasteiger partial charge on any atom is -0.383 e. The highest BCUT2D eigenvalue weighted by atomic mass is 16.7. The van der Waals surface area contributed by atoms with Gasteiger partial charge in [0.05, 0.1) is 6.42 Å². The lowest BCUT2D eigenvalue weighted by atomic mass is 10.3. The quantitative estimate of drug-likeness (QED) is 0.429. The molecule has 1 fully saturated rings. The first-order chi connectivity index (χ1) is 6.06. The van der Waals surface area contributed by atoms with Crippen LogP contribution in [0.3, 0.4) is 0 Å². The molecular formula is C7H7NO5. The van der Waals surface area contributed by atoms with Crippen molar-refractivity contribution < 1.29 is 24.3 Å². The standard InChI is InChI=1S/C7H7NO5/c1-2-6(11)13-8-5(10)3-4(9)7(8)12/h2,4,9H,1,3H2. The predicted octanol–water partition coefficient (Wildman–Crippen LogP) is -1.25. The van der Waals surface area contributed by atoms with Gasteiger partial charge in [0, 0.05) is 6.08 Å². The summed E-state index contributed by atoms with van der Waals surface area (Å²) in [5.41, 5.74) is 0. The molecule has 0 aromatic carbocycles.